The molecule has 20 heavy (non-hydrogen) atoms. The Balaban J connectivity index is 2.42. The molecule has 0 amide bonds. The van der Waals surface area contributed by atoms with E-state index in [0.717, 1.165) is 9.94 Å². The lowest BCUT2D eigenvalue weighted by atomic mass is 9.79. The van der Waals surface area contributed by atoms with E-state index in [2.05, 4.69) is 15.9 Å². The number of rotatable bonds is 3. The lowest BCUT2D eigenvalue weighted by Crippen LogP contribution is -2.41. The minimum Gasteiger partial charge on any atom is -0.492 e. The summed E-state index contributed by atoms with van der Waals surface area (Å²) in [6, 6.07) is 3.74. The highest BCUT2D eigenvalue weighted by Gasteiger charge is 2.53. The van der Waals surface area contributed by atoms with Gasteiger partial charge in [0.1, 0.15) is 5.75 Å². The van der Waals surface area contributed by atoms with Crippen LogP contribution in [0.2, 0.25) is 5.02 Å². The van der Waals surface area contributed by atoms with Gasteiger partial charge in [0, 0.05) is 9.94 Å². The maximum atomic E-state index is 6.44. The van der Waals surface area contributed by atoms with Crippen LogP contribution in [0.3, 0.4) is 0 Å². The molecule has 1 heterocycles. The summed E-state index contributed by atoms with van der Waals surface area (Å²) in [5.41, 5.74) is -0.0272. The quantitative estimate of drug-likeness (QED) is 0.767. The predicted molar refractivity (Wildman–Crippen MR) is 86.0 cm³/mol. The molecule has 0 unspecified atom stereocenters. The van der Waals surface area contributed by atoms with Crippen LogP contribution in [0.5, 0.6) is 5.75 Å². The van der Waals surface area contributed by atoms with E-state index in [1.54, 1.807) is 0 Å². The van der Waals surface area contributed by atoms with Crippen molar-refractivity contribution in [1.82, 2.24) is 0 Å². The van der Waals surface area contributed by atoms with Crippen LogP contribution in [0, 0.1) is 0 Å². The first-order valence-corrected chi connectivity index (χ1v) is 7.83. The van der Waals surface area contributed by atoms with Crippen molar-refractivity contribution in [1.29, 1.82) is 0 Å². The molecule has 0 radical (unpaired) electrons. The molecule has 0 atom stereocenters. The van der Waals surface area contributed by atoms with Gasteiger partial charge in [-0.1, -0.05) is 27.5 Å². The summed E-state index contributed by atoms with van der Waals surface area (Å²) < 4.78 is 18.5. The normalized spacial score (nSPS) is 20.2. The molecular weight excluding hydrogens is 342 g/mol. The van der Waals surface area contributed by atoms with E-state index in [-0.39, 0.29) is 0 Å². The summed E-state index contributed by atoms with van der Waals surface area (Å²) in [6.07, 6.45) is 0. The average molecular weight is 361 g/mol. The summed E-state index contributed by atoms with van der Waals surface area (Å²) in [5, 5.41) is 0.528. The number of ether oxygens (including phenoxy) is 1. The van der Waals surface area contributed by atoms with Crippen molar-refractivity contribution in [2.45, 2.75) is 45.8 Å². The van der Waals surface area contributed by atoms with Gasteiger partial charge in [0.15, 0.2) is 0 Å². The topological polar surface area (TPSA) is 27.7 Å². The smallest absolute Gasteiger partial charge is 0.492 e. The van der Waals surface area contributed by atoms with Gasteiger partial charge in [-0.3, -0.25) is 0 Å². The van der Waals surface area contributed by atoms with Gasteiger partial charge in [-0.25, -0.2) is 0 Å². The molecule has 2 rings (SSSR count). The molecule has 1 aliphatic heterocycles. The Morgan fingerprint density at radius 3 is 2.25 bits per heavy atom. The minimum absolute atomic E-state index is 0.401. The maximum absolute atomic E-state index is 6.44. The average Bonchev–Trinajstić information content (AvgIpc) is 2.52. The second kappa shape index (κ2) is 5.52. The van der Waals surface area contributed by atoms with E-state index >= 15 is 0 Å². The van der Waals surface area contributed by atoms with Gasteiger partial charge in [-0.15, -0.1) is 0 Å². The van der Waals surface area contributed by atoms with Crippen LogP contribution in [0.4, 0.5) is 0 Å². The van der Waals surface area contributed by atoms with E-state index in [1.165, 1.54) is 0 Å². The number of halogens is 2. The van der Waals surface area contributed by atoms with Crippen LogP contribution in [0.25, 0.3) is 0 Å². The first-order valence-electron chi connectivity index (χ1n) is 6.66. The second-order valence-electron chi connectivity index (χ2n) is 5.79. The van der Waals surface area contributed by atoms with Crippen molar-refractivity contribution in [2.75, 3.05) is 6.61 Å². The van der Waals surface area contributed by atoms with Crippen molar-refractivity contribution in [3.63, 3.8) is 0 Å². The fraction of sp³-hybridized carbons (Fsp3) is 0.571. The van der Waals surface area contributed by atoms with Gasteiger partial charge in [0.05, 0.1) is 22.8 Å². The lowest BCUT2D eigenvalue weighted by Gasteiger charge is -2.32. The summed E-state index contributed by atoms with van der Waals surface area (Å²) in [7, 11) is -0.512. The van der Waals surface area contributed by atoms with E-state index in [1.807, 2.05) is 46.8 Å². The standard InChI is InChI=1S/C14H19BBrClO3/c1-6-18-10-8-7-9(16)11(12(10)17)15-19-13(2,3)14(4,5)20-15/h7-8H,6H2,1-5H3. The molecule has 0 aromatic heterocycles. The van der Waals surface area contributed by atoms with E-state index in [4.69, 9.17) is 25.6 Å². The lowest BCUT2D eigenvalue weighted by molar-refractivity contribution is 0.00578. The van der Waals surface area contributed by atoms with Crippen LogP contribution >= 0.6 is 27.5 Å². The zero-order valence-electron chi connectivity index (χ0n) is 12.4. The SMILES string of the molecule is CCOc1ccc(Br)c(B2OC(C)(C)C(C)(C)O2)c1Cl. The van der Waals surface area contributed by atoms with Crippen LogP contribution in [-0.2, 0) is 9.31 Å². The Bertz CT molecular complexity index is 503. The molecule has 0 N–H and O–H groups in total. The van der Waals surface area contributed by atoms with Crippen LogP contribution in [-0.4, -0.2) is 24.9 Å². The molecule has 1 fully saturated rings. The largest absolute Gasteiger partial charge is 0.497 e. The Morgan fingerprint density at radius 1 is 1.20 bits per heavy atom. The number of hydrogen-bond donors (Lipinski definition) is 0. The molecule has 1 aromatic rings. The molecule has 3 nitrogen and oxygen atoms in total. The summed E-state index contributed by atoms with van der Waals surface area (Å²) in [5.74, 6) is 0.641. The highest BCUT2D eigenvalue weighted by Crippen LogP contribution is 2.38. The molecule has 6 heteroatoms. The van der Waals surface area contributed by atoms with Gasteiger partial charge in [-0.2, -0.15) is 0 Å². The number of hydrogen-bond acceptors (Lipinski definition) is 3. The zero-order valence-corrected chi connectivity index (χ0v) is 14.8. The third-order valence-electron chi connectivity index (χ3n) is 3.88. The first-order chi connectivity index (χ1) is 9.19. The van der Waals surface area contributed by atoms with Gasteiger partial charge in [0.2, 0.25) is 0 Å². The van der Waals surface area contributed by atoms with E-state index < -0.39 is 18.3 Å². The molecule has 0 bridgehead atoms. The Morgan fingerprint density at radius 2 is 1.75 bits per heavy atom. The minimum atomic E-state index is -0.512. The monoisotopic (exact) mass is 360 g/mol. The molecule has 1 aliphatic rings. The first kappa shape index (κ1) is 16.2. The van der Waals surface area contributed by atoms with Crippen LogP contribution < -0.4 is 10.2 Å². The van der Waals surface area contributed by atoms with Crippen LogP contribution in [0.15, 0.2) is 16.6 Å². The fourth-order valence-corrected chi connectivity index (χ4v) is 2.93. The Hall–Kier alpha value is -0.225. The van der Waals surface area contributed by atoms with Gasteiger partial charge in [0.25, 0.3) is 0 Å². The van der Waals surface area contributed by atoms with E-state index in [0.29, 0.717) is 17.4 Å². The van der Waals surface area contributed by atoms with Crippen molar-refractivity contribution in [3.05, 3.63) is 21.6 Å². The summed E-state index contributed by atoms with van der Waals surface area (Å²) in [4.78, 5) is 0. The third-order valence-corrected chi connectivity index (χ3v) is 4.96. The fourth-order valence-electron chi connectivity index (χ4n) is 1.99. The van der Waals surface area contributed by atoms with E-state index in [9.17, 15) is 0 Å². The summed E-state index contributed by atoms with van der Waals surface area (Å²) >= 11 is 9.96. The Labute approximate surface area is 134 Å². The number of benzene rings is 1. The van der Waals surface area contributed by atoms with Crippen molar-refractivity contribution in [2.24, 2.45) is 0 Å². The molecule has 110 valence electrons. The van der Waals surface area contributed by atoms with Crippen LogP contribution in [0.1, 0.15) is 34.6 Å². The highest BCUT2D eigenvalue weighted by molar-refractivity contribution is 9.10. The molecule has 0 saturated carbocycles. The second-order valence-corrected chi connectivity index (χ2v) is 7.03. The third kappa shape index (κ3) is 2.73. The zero-order chi connectivity index (χ0) is 15.1. The molecule has 0 spiro atoms. The molecule has 1 saturated heterocycles. The van der Waals surface area contributed by atoms with Gasteiger partial charge < -0.3 is 14.0 Å². The molecule has 1 aromatic carbocycles. The molecule has 0 aliphatic carbocycles. The van der Waals surface area contributed by atoms with Crippen molar-refractivity contribution in [3.8, 4) is 5.75 Å². The van der Waals surface area contributed by atoms with Gasteiger partial charge >= 0.3 is 7.12 Å². The summed E-state index contributed by atoms with van der Waals surface area (Å²) in [6.45, 7) is 10.5. The molecular formula is C14H19BBrClO3. The van der Waals surface area contributed by atoms with Crippen molar-refractivity contribution < 1.29 is 14.0 Å². The predicted octanol–water partition coefficient (Wildman–Crippen LogP) is 3.80. The highest BCUT2D eigenvalue weighted by atomic mass is 79.9. The van der Waals surface area contributed by atoms with Gasteiger partial charge in [-0.05, 0) is 46.8 Å². The van der Waals surface area contributed by atoms with Crippen molar-refractivity contribution >= 4 is 40.1 Å². The maximum Gasteiger partial charge on any atom is 0.497 e. The Kier molecular flexibility index (Phi) is 4.46.